The van der Waals surface area contributed by atoms with Crippen LogP contribution in [0.2, 0.25) is 5.02 Å². The molecule has 1 N–H and O–H groups in total. The van der Waals surface area contributed by atoms with Crippen LogP contribution in [0.1, 0.15) is 54.3 Å². The number of nitrogens with zero attached hydrogens (tertiary/aromatic N) is 4. The number of nitriles is 1. The Labute approximate surface area is 197 Å². The summed E-state index contributed by atoms with van der Waals surface area (Å²) in [4.78, 5) is 27.3. The molecule has 0 saturated heterocycles. The summed E-state index contributed by atoms with van der Waals surface area (Å²) in [6.45, 7) is 4.94. The lowest BCUT2D eigenvalue weighted by Crippen LogP contribution is -2.41. The van der Waals surface area contributed by atoms with Gasteiger partial charge in [-0.1, -0.05) is 30.7 Å². The first-order valence-electron chi connectivity index (χ1n) is 10.9. The fourth-order valence-corrected chi connectivity index (χ4v) is 4.16. The summed E-state index contributed by atoms with van der Waals surface area (Å²) in [5, 5.41) is 17.1. The molecule has 4 rings (SSSR count). The second-order valence-electron chi connectivity index (χ2n) is 8.19. The highest BCUT2D eigenvalue weighted by Gasteiger charge is 2.31. The van der Waals surface area contributed by atoms with Gasteiger partial charge in [0.05, 0.1) is 29.1 Å². The molecule has 0 unspecified atom stereocenters. The summed E-state index contributed by atoms with van der Waals surface area (Å²) < 4.78 is 1.75. The molecule has 7 nitrogen and oxygen atoms in total. The summed E-state index contributed by atoms with van der Waals surface area (Å²) >= 11 is 6.17. The zero-order valence-electron chi connectivity index (χ0n) is 18.5. The molecule has 168 valence electrons. The minimum Gasteiger partial charge on any atom is -0.331 e. The number of hydrogen-bond acceptors (Lipinski definition) is 4. The van der Waals surface area contributed by atoms with Crippen molar-refractivity contribution >= 4 is 29.1 Å². The van der Waals surface area contributed by atoms with Crippen molar-refractivity contribution in [3.63, 3.8) is 0 Å². The normalized spacial score (nSPS) is 15.2. The monoisotopic (exact) mass is 461 g/mol. The SMILES string of the molecule is CCCC(=O)Nc1cc(Cl)ccc1-c1cc2n(n1)[C@@H](C)CN(Cc1ccc(C#N)cc1)C2=O. The number of fused-ring (bicyclic) bond motifs is 1. The molecule has 0 saturated carbocycles. The molecule has 0 fully saturated rings. The number of nitrogens with one attached hydrogen (secondary N) is 1. The predicted octanol–water partition coefficient (Wildman–Crippen LogP) is 5.03. The molecule has 33 heavy (non-hydrogen) atoms. The average molecular weight is 462 g/mol. The zero-order chi connectivity index (χ0) is 23.5. The van der Waals surface area contributed by atoms with E-state index in [9.17, 15) is 9.59 Å². The van der Waals surface area contributed by atoms with Crippen molar-refractivity contribution in [3.05, 3.63) is 70.4 Å². The Kier molecular flexibility index (Phi) is 6.47. The first kappa shape index (κ1) is 22.6. The van der Waals surface area contributed by atoms with Crippen LogP contribution in [-0.2, 0) is 11.3 Å². The Morgan fingerprint density at radius 3 is 2.70 bits per heavy atom. The minimum absolute atomic E-state index is 0.0183. The topological polar surface area (TPSA) is 91.0 Å². The minimum atomic E-state index is -0.109. The second-order valence-corrected chi connectivity index (χ2v) is 8.63. The maximum Gasteiger partial charge on any atom is 0.272 e. The van der Waals surface area contributed by atoms with Gasteiger partial charge in [-0.25, -0.2) is 0 Å². The van der Waals surface area contributed by atoms with Gasteiger partial charge in [-0.3, -0.25) is 14.3 Å². The molecule has 2 amide bonds. The van der Waals surface area contributed by atoms with Crippen LogP contribution in [0.3, 0.4) is 0 Å². The van der Waals surface area contributed by atoms with Crippen molar-refractivity contribution in [1.29, 1.82) is 5.26 Å². The molecule has 1 aliphatic rings. The molecule has 0 bridgehead atoms. The van der Waals surface area contributed by atoms with Crippen LogP contribution in [0.15, 0.2) is 48.5 Å². The highest BCUT2D eigenvalue weighted by Crippen LogP contribution is 2.33. The molecule has 0 aliphatic carbocycles. The highest BCUT2D eigenvalue weighted by atomic mass is 35.5. The molecular formula is C25H24ClN5O2. The van der Waals surface area contributed by atoms with Crippen LogP contribution in [0, 0.1) is 11.3 Å². The van der Waals surface area contributed by atoms with E-state index in [1.54, 1.807) is 39.9 Å². The number of carbonyl (C=O) groups excluding carboxylic acids is 2. The van der Waals surface area contributed by atoms with Crippen molar-refractivity contribution in [3.8, 4) is 17.3 Å². The summed E-state index contributed by atoms with van der Waals surface area (Å²) in [5.74, 6) is -0.204. The van der Waals surface area contributed by atoms with Gasteiger partial charge in [0.1, 0.15) is 5.69 Å². The molecule has 2 aromatic carbocycles. The lowest BCUT2D eigenvalue weighted by Gasteiger charge is -2.31. The third kappa shape index (κ3) is 4.76. The quantitative estimate of drug-likeness (QED) is 0.557. The average Bonchev–Trinajstić information content (AvgIpc) is 3.24. The van der Waals surface area contributed by atoms with E-state index >= 15 is 0 Å². The Morgan fingerprint density at radius 2 is 2.00 bits per heavy atom. The Hall–Kier alpha value is -3.63. The first-order chi connectivity index (χ1) is 15.9. The Bertz CT molecular complexity index is 1240. The molecule has 1 aliphatic heterocycles. The highest BCUT2D eigenvalue weighted by molar-refractivity contribution is 6.31. The van der Waals surface area contributed by atoms with E-state index < -0.39 is 0 Å². The summed E-state index contributed by atoms with van der Waals surface area (Å²) in [5.41, 5.74) is 3.94. The van der Waals surface area contributed by atoms with Gasteiger partial charge in [-0.2, -0.15) is 10.4 Å². The van der Waals surface area contributed by atoms with E-state index in [1.165, 1.54) is 0 Å². The van der Waals surface area contributed by atoms with Gasteiger partial charge in [0.2, 0.25) is 5.91 Å². The number of rotatable bonds is 6. The summed E-state index contributed by atoms with van der Waals surface area (Å²) in [6.07, 6.45) is 1.15. The molecule has 0 spiro atoms. The molecule has 8 heteroatoms. The fraction of sp³-hybridized carbons (Fsp3) is 0.280. The van der Waals surface area contributed by atoms with Crippen LogP contribution in [0.25, 0.3) is 11.3 Å². The van der Waals surface area contributed by atoms with Gasteiger partial charge in [0.25, 0.3) is 5.91 Å². The van der Waals surface area contributed by atoms with E-state index in [2.05, 4.69) is 11.4 Å². The number of amides is 2. The largest absolute Gasteiger partial charge is 0.331 e. The van der Waals surface area contributed by atoms with Gasteiger partial charge in [-0.05, 0) is 55.3 Å². The van der Waals surface area contributed by atoms with Gasteiger partial charge >= 0.3 is 0 Å². The number of hydrogen-bond donors (Lipinski definition) is 1. The van der Waals surface area contributed by atoms with E-state index in [0.717, 1.165) is 12.0 Å². The van der Waals surface area contributed by atoms with Gasteiger partial charge in [-0.15, -0.1) is 0 Å². The van der Waals surface area contributed by atoms with E-state index in [-0.39, 0.29) is 17.9 Å². The Balaban J connectivity index is 1.63. The third-order valence-corrected chi connectivity index (χ3v) is 5.84. The lowest BCUT2D eigenvalue weighted by molar-refractivity contribution is -0.116. The van der Waals surface area contributed by atoms with Gasteiger partial charge in [0, 0.05) is 30.1 Å². The van der Waals surface area contributed by atoms with Gasteiger partial charge < -0.3 is 10.2 Å². The Morgan fingerprint density at radius 1 is 1.24 bits per heavy atom. The van der Waals surface area contributed by atoms with Crippen molar-refractivity contribution in [2.45, 2.75) is 39.3 Å². The van der Waals surface area contributed by atoms with Crippen molar-refractivity contribution in [2.24, 2.45) is 0 Å². The number of benzene rings is 2. The number of anilines is 1. The molecular weight excluding hydrogens is 438 g/mol. The molecule has 2 heterocycles. The second kappa shape index (κ2) is 9.47. The van der Waals surface area contributed by atoms with Crippen LogP contribution in [-0.4, -0.2) is 33.0 Å². The zero-order valence-corrected chi connectivity index (χ0v) is 19.3. The number of aromatic nitrogens is 2. The van der Waals surface area contributed by atoms with Crippen molar-refractivity contribution < 1.29 is 9.59 Å². The third-order valence-electron chi connectivity index (χ3n) is 5.61. The molecule has 1 atom stereocenters. The van der Waals surface area contributed by atoms with E-state index in [0.29, 0.717) is 52.7 Å². The van der Waals surface area contributed by atoms with Crippen LogP contribution >= 0.6 is 11.6 Å². The molecule has 0 radical (unpaired) electrons. The maximum atomic E-state index is 13.3. The fourth-order valence-electron chi connectivity index (χ4n) is 3.99. The number of carbonyl (C=O) groups is 2. The van der Waals surface area contributed by atoms with Crippen LogP contribution < -0.4 is 5.32 Å². The lowest BCUT2D eigenvalue weighted by atomic mass is 10.1. The van der Waals surface area contributed by atoms with E-state index in [4.69, 9.17) is 22.0 Å². The van der Waals surface area contributed by atoms with Crippen LogP contribution in [0.5, 0.6) is 0 Å². The van der Waals surface area contributed by atoms with Gasteiger partial charge in [0.15, 0.2) is 0 Å². The van der Waals surface area contributed by atoms with Crippen LogP contribution in [0.4, 0.5) is 5.69 Å². The predicted molar refractivity (Wildman–Crippen MR) is 127 cm³/mol. The van der Waals surface area contributed by atoms with Crippen molar-refractivity contribution in [2.75, 3.05) is 11.9 Å². The molecule has 1 aromatic heterocycles. The standard InChI is InChI=1S/C25H24ClN5O2/c1-3-4-24(32)28-21-11-19(26)9-10-20(21)22-12-23-25(33)30(14-16(2)31(23)29-22)15-18-7-5-17(13-27)6-8-18/h5-12,16H,3-4,14-15H2,1-2H3,(H,28,32)/t16-/m0/s1. The summed E-state index contributed by atoms with van der Waals surface area (Å²) in [6, 6.07) is 16.3. The molecule has 3 aromatic rings. The smallest absolute Gasteiger partial charge is 0.272 e. The first-order valence-corrected chi connectivity index (χ1v) is 11.2. The summed E-state index contributed by atoms with van der Waals surface area (Å²) in [7, 11) is 0. The van der Waals surface area contributed by atoms with Crippen molar-refractivity contribution in [1.82, 2.24) is 14.7 Å². The van der Waals surface area contributed by atoms with E-state index in [1.807, 2.05) is 32.0 Å². The number of halogens is 1. The maximum absolute atomic E-state index is 13.3.